The largest absolute Gasteiger partial charge is 0.395 e. The van der Waals surface area contributed by atoms with E-state index in [1.807, 2.05) is 6.07 Å². The summed E-state index contributed by atoms with van der Waals surface area (Å²) >= 11 is 0. The lowest BCUT2D eigenvalue weighted by Crippen LogP contribution is -2.44. The summed E-state index contributed by atoms with van der Waals surface area (Å²) in [7, 11) is 0. The van der Waals surface area contributed by atoms with E-state index < -0.39 is 0 Å². The van der Waals surface area contributed by atoms with Crippen LogP contribution in [0.1, 0.15) is 31.7 Å². The van der Waals surface area contributed by atoms with Gasteiger partial charge in [-0.25, -0.2) is 0 Å². The zero-order valence-corrected chi connectivity index (χ0v) is 11.2. The highest BCUT2D eigenvalue weighted by Crippen LogP contribution is 2.39. The molecule has 2 fully saturated rings. The van der Waals surface area contributed by atoms with Crippen molar-refractivity contribution in [3.8, 4) is 0 Å². The average Bonchev–Trinajstić information content (AvgIpc) is 3.02. The lowest BCUT2D eigenvalue weighted by molar-refractivity contribution is 0.122. The normalized spacial score (nSPS) is 30.6. The second-order valence-corrected chi connectivity index (χ2v) is 6.35. The Labute approximate surface area is 110 Å². The highest BCUT2D eigenvalue weighted by atomic mass is 16.3. The van der Waals surface area contributed by atoms with Gasteiger partial charge in [-0.15, -0.1) is 0 Å². The van der Waals surface area contributed by atoms with E-state index in [0.29, 0.717) is 0 Å². The Morgan fingerprint density at radius 3 is 2.61 bits per heavy atom. The molecule has 3 unspecified atom stereocenters. The van der Waals surface area contributed by atoms with Crippen LogP contribution < -0.4 is 0 Å². The number of benzene rings is 1. The van der Waals surface area contributed by atoms with Crippen molar-refractivity contribution in [1.82, 2.24) is 4.90 Å². The lowest BCUT2D eigenvalue weighted by Gasteiger charge is -2.36. The number of piperidine rings is 1. The van der Waals surface area contributed by atoms with Crippen molar-refractivity contribution in [3.05, 3.63) is 35.9 Å². The van der Waals surface area contributed by atoms with Gasteiger partial charge < -0.3 is 5.11 Å². The zero-order valence-electron chi connectivity index (χ0n) is 11.2. The number of rotatable bonds is 4. The third-order valence-corrected chi connectivity index (χ3v) is 4.89. The van der Waals surface area contributed by atoms with Gasteiger partial charge in [-0.05, 0) is 30.7 Å². The van der Waals surface area contributed by atoms with Gasteiger partial charge in [-0.3, -0.25) is 4.90 Å². The topological polar surface area (TPSA) is 23.5 Å². The smallest absolute Gasteiger partial charge is 0.0537 e. The molecule has 1 saturated heterocycles. The van der Waals surface area contributed by atoms with Crippen molar-refractivity contribution in [2.45, 2.75) is 37.6 Å². The standard InChI is InChI=1S/C16H23NO/c1-16(12-18,14-5-3-2-4-6-14)11-17-10-13-7-8-15(17)9-13/h2-6,13,15,18H,7-12H2,1H3. The minimum Gasteiger partial charge on any atom is -0.395 e. The highest BCUT2D eigenvalue weighted by molar-refractivity contribution is 5.25. The maximum atomic E-state index is 9.84. The summed E-state index contributed by atoms with van der Waals surface area (Å²) in [5.41, 5.74) is 1.14. The maximum absolute atomic E-state index is 9.84. The number of aliphatic hydroxyl groups excluding tert-OH is 1. The molecule has 3 rings (SSSR count). The molecule has 0 spiro atoms. The Kier molecular flexibility index (Phi) is 3.16. The van der Waals surface area contributed by atoms with E-state index >= 15 is 0 Å². The highest BCUT2D eigenvalue weighted by Gasteiger charge is 2.41. The van der Waals surface area contributed by atoms with Crippen LogP contribution in [0.15, 0.2) is 30.3 Å². The minimum absolute atomic E-state index is 0.119. The molecule has 1 aromatic carbocycles. The fourth-order valence-electron chi connectivity index (χ4n) is 3.74. The van der Waals surface area contributed by atoms with Gasteiger partial charge in [0.15, 0.2) is 0 Å². The lowest BCUT2D eigenvalue weighted by atomic mass is 9.82. The van der Waals surface area contributed by atoms with Crippen LogP contribution in [0.25, 0.3) is 0 Å². The van der Waals surface area contributed by atoms with Gasteiger partial charge in [-0.1, -0.05) is 37.3 Å². The molecule has 2 aliphatic rings. The molecule has 0 amide bonds. The van der Waals surface area contributed by atoms with E-state index in [1.54, 1.807) is 0 Å². The minimum atomic E-state index is -0.119. The van der Waals surface area contributed by atoms with Gasteiger partial charge >= 0.3 is 0 Å². The van der Waals surface area contributed by atoms with E-state index in [4.69, 9.17) is 0 Å². The first-order chi connectivity index (χ1) is 8.71. The molecule has 98 valence electrons. The molecule has 2 heteroatoms. The third kappa shape index (κ3) is 2.08. The number of nitrogens with zero attached hydrogens (tertiary/aromatic N) is 1. The summed E-state index contributed by atoms with van der Waals surface area (Å²) in [5, 5.41) is 9.84. The van der Waals surface area contributed by atoms with Gasteiger partial charge in [0.25, 0.3) is 0 Å². The first-order valence-corrected chi connectivity index (χ1v) is 7.12. The molecule has 2 bridgehead atoms. The van der Waals surface area contributed by atoms with Crippen LogP contribution in [0.2, 0.25) is 0 Å². The van der Waals surface area contributed by atoms with Gasteiger partial charge in [0.05, 0.1) is 6.61 Å². The van der Waals surface area contributed by atoms with Crippen molar-refractivity contribution >= 4 is 0 Å². The summed E-state index contributed by atoms with van der Waals surface area (Å²) < 4.78 is 0. The van der Waals surface area contributed by atoms with Gasteiger partial charge in [-0.2, -0.15) is 0 Å². The maximum Gasteiger partial charge on any atom is 0.0537 e. The average molecular weight is 245 g/mol. The van der Waals surface area contributed by atoms with Gasteiger partial charge in [0.2, 0.25) is 0 Å². The van der Waals surface area contributed by atoms with E-state index in [9.17, 15) is 5.11 Å². The van der Waals surface area contributed by atoms with Crippen LogP contribution in [-0.4, -0.2) is 35.7 Å². The predicted molar refractivity (Wildman–Crippen MR) is 73.6 cm³/mol. The molecule has 2 nitrogen and oxygen atoms in total. The quantitative estimate of drug-likeness (QED) is 0.880. The molecular formula is C16H23NO. The number of hydrogen-bond donors (Lipinski definition) is 1. The Balaban J connectivity index is 1.76. The number of hydrogen-bond acceptors (Lipinski definition) is 2. The van der Waals surface area contributed by atoms with E-state index in [-0.39, 0.29) is 12.0 Å². The molecule has 0 aromatic heterocycles. The van der Waals surface area contributed by atoms with Crippen LogP contribution >= 0.6 is 0 Å². The van der Waals surface area contributed by atoms with Gasteiger partial charge in [0, 0.05) is 24.5 Å². The predicted octanol–water partition coefficient (Wildman–Crippen LogP) is 2.42. The molecule has 1 aliphatic heterocycles. The van der Waals surface area contributed by atoms with E-state index in [0.717, 1.165) is 18.5 Å². The van der Waals surface area contributed by atoms with Crippen LogP contribution in [0.5, 0.6) is 0 Å². The van der Waals surface area contributed by atoms with Crippen LogP contribution in [0.4, 0.5) is 0 Å². The van der Waals surface area contributed by atoms with Gasteiger partial charge in [0.1, 0.15) is 0 Å². The first kappa shape index (κ1) is 12.2. The molecule has 1 aromatic rings. The van der Waals surface area contributed by atoms with Crippen LogP contribution in [0, 0.1) is 5.92 Å². The molecule has 18 heavy (non-hydrogen) atoms. The van der Waals surface area contributed by atoms with E-state index in [1.165, 1.54) is 31.4 Å². The SMILES string of the molecule is CC(CO)(CN1CC2CCC1C2)c1ccccc1. The van der Waals surface area contributed by atoms with Crippen molar-refractivity contribution in [3.63, 3.8) is 0 Å². The Morgan fingerprint density at radius 2 is 2.06 bits per heavy atom. The first-order valence-electron chi connectivity index (χ1n) is 7.12. The summed E-state index contributed by atoms with van der Waals surface area (Å²) in [4.78, 5) is 2.61. The Bertz CT molecular complexity index is 405. The molecule has 1 aliphatic carbocycles. The Hall–Kier alpha value is -0.860. The monoisotopic (exact) mass is 245 g/mol. The number of fused-ring (bicyclic) bond motifs is 2. The number of likely N-dealkylation sites (tertiary alicyclic amines) is 1. The number of aliphatic hydroxyl groups is 1. The molecule has 1 heterocycles. The third-order valence-electron chi connectivity index (χ3n) is 4.89. The Morgan fingerprint density at radius 1 is 1.28 bits per heavy atom. The summed E-state index contributed by atoms with van der Waals surface area (Å²) in [6, 6.07) is 11.2. The van der Waals surface area contributed by atoms with Crippen molar-refractivity contribution < 1.29 is 5.11 Å². The molecule has 3 atom stereocenters. The van der Waals surface area contributed by atoms with Crippen LogP contribution in [-0.2, 0) is 5.41 Å². The molecule has 1 N–H and O–H groups in total. The summed E-state index contributed by atoms with van der Waals surface area (Å²) in [5.74, 6) is 0.925. The molecular weight excluding hydrogens is 222 g/mol. The fourth-order valence-corrected chi connectivity index (χ4v) is 3.74. The zero-order chi connectivity index (χ0) is 12.6. The van der Waals surface area contributed by atoms with Crippen molar-refractivity contribution in [2.24, 2.45) is 5.92 Å². The van der Waals surface area contributed by atoms with E-state index in [2.05, 4.69) is 36.1 Å². The second-order valence-electron chi connectivity index (χ2n) is 6.35. The van der Waals surface area contributed by atoms with Crippen LogP contribution in [0.3, 0.4) is 0 Å². The molecule has 0 radical (unpaired) electrons. The second kappa shape index (κ2) is 4.67. The fraction of sp³-hybridized carbons (Fsp3) is 0.625. The summed E-state index contributed by atoms with van der Waals surface area (Å²) in [6.07, 6.45) is 4.17. The molecule has 1 saturated carbocycles. The summed E-state index contributed by atoms with van der Waals surface area (Å²) in [6.45, 7) is 4.65. The van der Waals surface area contributed by atoms with Crippen molar-refractivity contribution in [2.75, 3.05) is 19.7 Å². The van der Waals surface area contributed by atoms with Crippen molar-refractivity contribution in [1.29, 1.82) is 0 Å².